The first kappa shape index (κ1) is 13.1. The Hall–Kier alpha value is -1.55. The number of fused-ring (bicyclic) bond motifs is 3. The molecule has 4 heteroatoms. The summed E-state index contributed by atoms with van der Waals surface area (Å²) in [6.45, 7) is 0. The van der Waals surface area contributed by atoms with Crippen LogP contribution in [0.1, 0.15) is 37.7 Å². The van der Waals surface area contributed by atoms with Crippen LogP contribution in [-0.4, -0.2) is 36.1 Å². The third-order valence-corrected chi connectivity index (χ3v) is 5.21. The molecular weight excluding hydrogens is 266 g/mol. The molecule has 1 aromatic carbocycles. The quantitative estimate of drug-likeness (QED) is 0.619. The fourth-order valence-corrected chi connectivity index (χ4v) is 3.98. The van der Waals surface area contributed by atoms with Gasteiger partial charge in [-0.1, -0.05) is 0 Å². The van der Waals surface area contributed by atoms with Crippen LogP contribution < -0.4 is 9.47 Å². The van der Waals surface area contributed by atoms with Gasteiger partial charge in [0, 0.05) is 12.1 Å². The second-order valence-electron chi connectivity index (χ2n) is 6.51. The fraction of sp³-hybridized carbons (Fsp3) is 0.588. The molecule has 112 valence electrons. The summed E-state index contributed by atoms with van der Waals surface area (Å²) >= 11 is 0. The molecule has 2 fully saturated rings. The van der Waals surface area contributed by atoms with Crippen LogP contribution in [-0.2, 0) is 11.2 Å². The molecule has 4 nitrogen and oxygen atoms in total. The van der Waals surface area contributed by atoms with E-state index in [9.17, 15) is 4.79 Å². The zero-order valence-corrected chi connectivity index (χ0v) is 12.4. The molecule has 0 aromatic heterocycles. The lowest BCUT2D eigenvalue weighted by Gasteiger charge is -2.36. The summed E-state index contributed by atoms with van der Waals surface area (Å²) in [7, 11) is 2.24. The molecule has 21 heavy (non-hydrogen) atoms. The summed E-state index contributed by atoms with van der Waals surface area (Å²) in [6, 6.07) is 7.21. The van der Waals surface area contributed by atoms with Crippen molar-refractivity contribution in [3.63, 3.8) is 0 Å². The van der Waals surface area contributed by atoms with Crippen molar-refractivity contribution >= 4 is 5.97 Å². The predicted molar refractivity (Wildman–Crippen MR) is 78.6 cm³/mol. The number of benzene rings is 1. The summed E-state index contributed by atoms with van der Waals surface area (Å²) in [6.07, 6.45) is 6.40. The first-order chi connectivity index (χ1) is 10.2. The van der Waals surface area contributed by atoms with Gasteiger partial charge in [0.25, 0.3) is 0 Å². The van der Waals surface area contributed by atoms with E-state index in [-0.39, 0.29) is 5.97 Å². The smallest absolute Gasteiger partial charge is 0.311 e. The Labute approximate surface area is 125 Å². The molecule has 2 unspecified atom stereocenters. The Kier molecular flexibility index (Phi) is 3.14. The monoisotopic (exact) mass is 287 g/mol. The van der Waals surface area contributed by atoms with E-state index in [0.29, 0.717) is 30.4 Å². The van der Waals surface area contributed by atoms with Gasteiger partial charge in [0.2, 0.25) is 0 Å². The van der Waals surface area contributed by atoms with Crippen molar-refractivity contribution in [1.82, 2.24) is 4.90 Å². The molecule has 0 spiro atoms. The molecule has 3 aliphatic rings. The second kappa shape index (κ2) is 5.02. The standard InChI is InChI=1S/C17H21NO3/c1-18-12-3-4-13(18)10-15(9-12)20-14-5-6-16-11(8-14)2-7-17(19)21-16/h5-6,8,12-13,15H,2-4,7,9-10H2,1H3. The minimum atomic E-state index is -0.136. The SMILES string of the molecule is CN1C2CCC1CC(Oc1ccc3c(c1)CCC(=O)O3)C2. The maximum Gasteiger partial charge on any atom is 0.311 e. The molecule has 2 bridgehead atoms. The van der Waals surface area contributed by atoms with Crippen LogP contribution in [0.15, 0.2) is 18.2 Å². The van der Waals surface area contributed by atoms with E-state index in [2.05, 4.69) is 11.9 Å². The predicted octanol–water partition coefficient (Wildman–Crippen LogP) is 2.54. The highest BCUT2D eigenvalue weighted by Gasteiger charge is 2.39. The van der Waals surface area contributed by atoms with Crippen LogP contribution in [0.2, 0.25) is 0 Å². The topological polar surface area (TPSA) is 38.8 Å². The summed E-state index contributed by atoms with van der Waals surface area (Å²) in [5, 5.41) is 0. The van der Waals surface area contributed by atoms with Gasteiger partial charge in [0.15, 0.2) is 0 Å². The zero-order chi connectivity index (χ0) is 14.4. The maximum atomic E-state index is 11.3. The first-order valence-electron chi connectivity index (χ1n) is 7.91. The number of carbonyl (C=O) groups is 1. The van der Waals surface area contributed by atoms with Crippen molar-refractivity contribution in [3.05, 3.63) is 23.8 Å². The Morgan fingerprint density at radius 2 is 1.95 bits per heavy atom. The molecule has 0 radical (unpaired) electrons. The Morgan fingerprint density at radius 3 is 2.71 bits per heavy atom. The van der Waals surface area contributed by atoms with Gasteiger partial charge in [0.1, 0.15) is 17.6 Å². The number of hydrogen-bond donors (Lipinski definition) is 0. The lowest BCUT2D eigenvalue weighted by molar-refractivity contribution is -0.135. The van der Waals surface area contributed by atoms with E-state index in [1.807, 2.05) is 18.2 Å². The third kappa shape index (κ3) is 2.42. The van der Waals surface area contributed by atoms with Gasteiger partial charge in [-0.25, -0.2) is 0 Å². The van der Waals surface area contributed by atoms with E-state index in [4.69, 9.17) is 9.47 Å². The van der Waals surface area contributed by atoms with Crippen LogP contribution in [0.5, 0.6) is 11.5 Å². The summed E-state index contributed by atoms with van der Waals surface area (Å²) in [4.78, 5) is 13.8. The third-order valence-electron chi connectivity index (χ3n) is 5.21. The Bertz CT molecular complexity index is 557. The van der Waals surface area contributed by atoms with Crippen LogP contribution in [0.25, 0.3) is 0 Å². The minimum Gasteiger partial charge on any atom is -0.490 e. The van der Waals surface area contributed by atoms with Gasteiger partial charge >= 0.3 is 5.97 Å². The normalized spacial score (nSPS) is 31.7. The molecular formula is C17H21NO3. The van der Waals surface area contributed by atoms with E-state index in [1.165, 1.54) is 12.8 Å². The second-order valence-corrected chi connectivity index (χ2v) is 6.51. The van der Waals surface area contributed by atoms with Crippen molar-refractivity contribution in [2.45, 2.75) is 56.7 Å². The largest absolute Gasteiger partial charge is 0.490 e. The molecule has 2 atom stereocenters. The summed E-state index contributed by atoms with van der Waals surface area (Å²) < 4.78 is 11.4. The number of carbonyl (C=O) groups excluding carboxylic acids is 1. The fourth-order valence-electron chi connectivity index (χ4n) is 3.98. The van der Waals surface area contributed by atoms with E-state index >= 15 is 0 Å². The van der Waals surface area contributed by atoms with E-state index < -0.39 is 0 Å². The molecule has 2 saturated heterocycles. The van der Waals surface area contributed by atoms with Crippen molar-refractivity contribution in [1.29, 1.82) is 0 Å². The molecule has 3 heterocycles. The minimum absolute atomic E-state index is 0.136. The van der Waals surface area contributed by atoms with Crippen LogP contribution in [0.3, 0.4) is 0 Å². The zero-order valence-electron chi connectivity index (χ0n) is 12.4. The number of piperidine rings is 1. The maximum absolute atomic E-state index is 11.3. The highest BCUT2D eigenvalue weighted by Crippen LogP contribution is 2.37. The van der Waals surface area contributed by atoms with E-state index in [0.717, 1.165) is 30.6 Å². The van der Waals surface area contributed by atoms with Gasteiger partial charge in [0.05, 0.1) is 6.42 Å². The van der Waals surface area contributed by atoms with Crippen molar-refractivity contribution in [2.24, 2.45) is 0 Å². The van der Waals surface area contributed by atoms with Crippen molar-refractivity contribution in [3.8, 4) is 11.5 Å². The van der Waals surface area contributed by atoms with E-state index in [1.54, 1.807) is 0 Å². The Morgan fingerprint density at radius 1 is 1.19 bits per heavy atom. The van der Waals surface area contributed by atoms with Crippen LogP contribution >= 0.6 is 0 Å². The molecule has 3 aliphatic heterocycles. The molecule has 0 aliphatic carbocycles. The average molecular weight is 287 g/mol. The summed E-state index contributed by atoms with van der Waals surface area (Å²) in [5.41, 5.74) is 1.09. The molecule has 0 amide bonds. The van der Waals surface area contributed by atoms with Gasteiger partial charge in [-0.15, -0.1) is 0 Å². The Balaban J connectivity index is 1.47. The van der Waals surface area contributed by atoms with Gasteiger partial charge in [-0.2, -0.15) is 0 Å². The van der Waals surface area contributed by atoms with Crippen molar-refractivity contribution in [2.75, 3.05) is 7.05 Å². The van der Waals surface area contributed by atoms with Crippen LogP contribution in [0.4, 0.5) is 0 Å². The summed E-state index contributed by atoms with van der Waals surface area (Å²) in [5.74, 6) is 1.48. The van der Waals surface area contributed by atoms with Crippen molar-refractivity contribution < 1.29 is 14.3 Å². The number of nitrogens with zero attached hydrogens (tertiary/aromatic N) is 1. The molecule has 0 N–H and O–H groups in total. The number of ether oxygens (including phenoxy) is 2. The molecule has 0 saturated carbocycles. The number of esters is 1. The first-order valence-corrected chi connectivity index (χ1v) is 7.91. The highest BCUT2D eigenvalue weighted by atomic mass is 16.5. The number of aryl methyl sites for hydroxylation is 1. The number of hydrogen-bond acceptors (Lipinski definition) is 4. The lowest BCUT2D eigenvalue weighted by Crippen LogP contribution is -2.43. The lowest BCUT2D eigenvalue weighted by atomic mass is 10.0. The van der Waals surface area contributed by atoms with Gasteiger partial charge in [-0.3, -0.25) is 4.79 Å². The van der Waals surface area contributed by atoms with Gasteiger partial charge < -0.3 is 14.4 Å². The van der Waals surface area contributed by atoms with Gasteiger partial charge in [-0.05, 0) is 62.9 Å². The highest BCUT2D eigenvalue weighted by molar-refractivity contribution is 5.75. The van der Waals surface area contributed by atoms with Crippen LogP contribution in [0, 0.1) is 0 Å². The number of rotatable bonds is 2. The molecule has 1 aromatic rings. The average Bonchev–Trinajstić information content (AvgIpc) is 2.70. The molecule has 4 rings (SSSR count).